The normalized spacial score (nSPS) is 17.6. The number of nitrogens with zero attached hydrogens (tertiary/aromatic N) is 4. The Morgan fingerprint density at radius 1 is 1.03 bits per heavy atom. The molecule has 2 atom stereocenters. The molecule has 0 unspecified atom stereocenters. The summed E-state index contributed by atoms with van der Waals surface area (Å²) in [6, 6.07) is 15.8. The van der Waals surface area contributed by atoms with E-state index in [-0.39, 0.29) is 42.7 Å². The van der Waals surface area contributed by atoms with Crippen LogP contribution in [0, 0.1) is 0 Å². The van der Waals surface area contributed by atoms with Crippen LogP contribution >= 0.6 is 0 Å². The first kappa shape index (κ1) is 24.3. The summed E-state index contributed by atoms with van der Waals surface area (Å²) in [5.41, 5.74) is -1.56. The number of aromatic nitrogens is 3. The van der Waals surface area contributed by atoms with E-state index in [0.29, 0.717) is 17.8 Å². The highest BCUT2D eigenvalue weighted by Crippen LogP contribution is 2.43. The first-order chi connectivity index (χ1) is 16.7. The Hall–Kier alpha value is -3.82. The van der Waals surface area contributed by atoms with Gasteiger partial charge in [-0.3, -0.25) is 14.6 Å². The van der Waals surface area contributed by atoms with Crippen molar-refractivity contribution in [1.29, 1.82) is 0 Å². The van der Waals surface area contributed by atoms with Crippen LogP contribution in [0.25, 0.3) is 0 Å². The second kappa shape index (κ2) is 9.81. The zero-order chi connectivity index (χ0) is 25.1. The van der Waals surface area contributed by atoms with E-state index in [9.17, 15) is 22.8 Å². The first-order valence-electron chi connectivity index (χ1n) is 11.1. The van der Waals surface area contributed by atoms with Gasteiger partial charge in [0.2, 0.25) is 11.8 Å². The summed E-state index contributed by atoms with van der Waals surface area (Å²) in [4.78, 5) is 30.7. The van der Waals surface area contributed by atoms with E-state index < -0.39 is 17.5 Å². The molecule has 1 saturated heterocycles. The van der Waals surface area contributed by atoms with E-state index in [4.69, 9.17) is 0 Å². The smallest absolute Gasteiger partial charge is 0.341 e. The van der Waals surface area contributed by atoms with Crippen molar-refractivity contribution in [3.8, 4) is 0 Å². The largest absolute Gasteiger partial charge is 0.406 e. The van der Waals surface area contributed by atoms with Crippen LogP contribution in [0.15, 0.2) is 66.9 Å². The van der Waals surface area contributed by atoms with E-state index in [1.165, 1.54) is 29.2 Å². The molecule has 0 radical (unpaired) electrons. The van der Waals surface area contributed by atoms with Gasteiger partial charge in [-0.1, -0.05) is 36.4 Å². The van der Waals surface area contributed by atoms with Crippen molar-refractivity contribution in [2.24, 2.45) is 0 Å². The molecule has 7 nitrogen and oxygen atoms in total. The highest BCUT2D eigenvalue weighted by atomic mass is 19.4. The number of halogens is 3. The molecule has 0 aliphatic carbocycles. The summed E-state index contributed by atoms with van der Waals surface area (Å²) in [6.45, 7) is 1.23. The lowest BCUT2D eigenvalue weighted by molar-refractivity contribution is -0.197. The highest BCUT2D eigenvalue weighted by molar-refractivity contribution is 5.91. The van der Waals surface area contributed by atoms with Gasteiger partial charge in [-0.15, -0.1) is 5.10 Å². The molecule has 1 N–H and O–H groups in total. The zero-order valence-electron chi connectivity index (χ0n) is 19.0. The summed E-state index contributed by atoms with van der Waals surface area (Å²) >= 11 is 0. The van der Waals surface area contributed by atoms with Gasteiger partial charge in [0.15, 0.2) is 11.2 Å². The maximum Gasteiger partial charge on any atom is 0.406 e. The number of likely N-dealkylation sites (tertiary alicyclic amines) is 1. The molecule has 10 heteroatoms. The Morgan fingerprint density at radius 3 is 2.40 bits per heavy atom. The summed E-state index contributed by atoms with van der Waals surface area (Å²) < 4.78 is 42.3. The molecule has 2 aromatic heterocycles. The number of amides is 2. The van der Waals surface area contributed by atoms with Gasteiger partial charge in [-0.2, -0.15) is 18.3 Å². The Labute approximate surface area is 200 Å². The highest BCUT2D eigenvalue weighted by Gasteiger charge is 2.59. The zero-order valence-corrected chi connectivity index (χ0v) is 19.0. The number of anilines is 1. The van der Waals surface area contributed by atoms with Gasteiger partial charge >= 0.3 is 6.18 Å². The van der Waals surface area contributed by atoms with Crippen molar-refractivity contribution in [3.63, 3.8) is 0 Å². The summed E-state index contributed by atoms with van der Waals surface area (Å²) in [5, 5.41) is 10.8. The number of benzene rings is 1. The lowest BCUT2D eigenvalue weighted by Crippen LogP contribution is -2.53. The van der Waals surface area contributed by atoms with Gasteiger partial charge in [0.25, 0.3) is 0 Å². The van der Waals surface area contributed by atoms with Crippen molar-refractivity contribution >= 4 is 17.6 Å². The molecule has 3 heterocycles. The number of carbonyl (C=O) groups is 2. The number of carbonyl (C=O) groups excluding carboxylic acids is 2. The molecule has 0 spiro atoms. The number of nitrogens with one attached hydrogen (secondary N) is 1. The third kappa shape index (κ3) is 5.16. The van der Waals surface area contributed by atoms with Crippen LogP contribution in [-0.2, 0) is 21.4 Å². The second-order valence-electron chi connectivity index (χ2n) is 8.62. The SMILES string of the molecule is C[C@@](C(=O)N1CC[C@@H](c2ccc(NC(=O)Cc3ccccn3)nn2)C1)(c1ccccc1)C(F)(F)F. The van der Waals surface area contributed by atoms with Crippen LogP contribution < -0.4 is 5.32 Å². The van der Waals surface area contributed by atoms with Gasteiger partial charge in [-0.25, -0.2) is 0 Å². The van der Waals surface area contributed by atoms with E-state index >= 15 is 0 Å². The second-order valence-corrected chi connectivity index (χ2v) is 8.62. The van der Waals surface area contributed by atoms with Crippen LogP contribution in [0.3, 0.4) is 0 Å². The standard InChI is InChI=1S/C25H24F3N5O2/c1-24(25(26,27)28,18-7-3-2-4-8-18)23(35)33-14-12-17(16-33)20-10-11-21(32-31-20)30-22(34)15-19-9-5-6-13-29-19/h2-11,13,17H,12,14-16H2,1H3,(H,30,32,34)/t17-,24+/m1/s1. The molecule has 3 aromatic rings. The number of alkyl halides is 3. The molecule has 0 saturated carbocycles. The summed E-state index contributed by atoms with van der Waals surface area (Å²) in [7, 11) is 0. The molecule has 182 valence electrons. The fraction of sp³-hybridized carbons (Fsp3) is 0.320. The Morgan fingerprint density at radius 2 is 1.77 bits per heavy atom. The molecule has 2 amide bonds. The van der Waals surface area contributed by atoms with Crippen molar-refractivity contribution in [2.45, 2.75) is 37.3 Å². The number of rotatable bonds is 6. The molecule has 1 aliphatic heterocycles. The van der Waals surface area contributed by atoms with Crippen LogP contribution in [-0.4, -0.2) is 51.2 Å². The quantitative estimate of drug-likeness (QED) is 0.575. The molecular weight excluding hydrogens is 459 g/mol. The molecule has 4 rings (SSSR count). The third-order valence-electron chi connectivity index (χ3n) is 6.26. The Balaban J connectivity index is 1.41. The monoisotopic (exact) mass is 483 g/mol. The number of pyridine rings is 1. The van der Waals surface area contributed by atoms with Gasteiger partial charge < -0.3 is 10.2 Å². The topological polar surface area (TPSA) is 88.1 Å². The molecular formula is C25H24F3N5O2. The van der Waals surface area contributed by atoms with Crippen molar-refractivity contribution in [3.05, 3.63) is 83.8 Å². The predicted octanol–water partition coefficient (Wildman–Crippen LogP) is 3.89. The number of hydrogen-bond acceptors (Lipinski definition) is 5. The van der Waals surface area contributed by atoms with Crippen LogP contribution in [0.5, 0.6) is 0 Å². The summed E-state index contributed by atoms with van der Waals surface area (Å²) in [6.07, 6.45) is -2.60. The maximum absolute atomic E-state index is 14.1. The van der Waals surface area contributed by atoms with Crippen molar-refractivity contribution in [1.82, 2.24) is 20.1 Å². The molecule has 0 bridgehead atoms. The average Bonchev–Trinajstić information content (AvgIpc) is 3.34. The van der Waals surface area contributed by atoms with Gasteiger partial charge in [-0.05, 0) is 43.2 Å². The average molecular weight is 483 g/mol. The van der Waals surface area contributed by atoms with Crippen molar-refractivity contribution in [2.75, 3.05) is 18.4 Å². The molecule has 35 heavy (non-hydrogen) atoms. The fourth-order valence-corrected chi connectivity index (χ4v) is 4.16. The van der Waals surface area contributed by atoms with Gasteiger partial charge in [0.1, 0.15) is 0 Å². The van der Waals surface area contributed by atoms with Crippen LogP contribution in [0.1, 0.15) is 36.2 Å². The van der Waals surface area contributed by atoms with Gasteiger partial charge in [0, 0.05) is 30.9 Å². The lowest BCUT2D eigenvalue weighted by atomic mass is 9.80. The minimum atomic E-state index is -4.75. The minimum Gasteiger partial charge on any atom is -0.341 e. The predicted molar refractivity (Wildman–Crippen MR) is 122 cm³/mol. The van der Waals surface area contributed by atoms with E-state index in [1.54, 1.807) is 42.6 Å². The third-order valence-corrected chi connectivity index (χ3v) is 6.26. The van der Waals surface area contributed by atoms with E-state index in [0.717, 1.165) is 6.92 Å². The minimum absolute atomic E-state index is 0.0867. The van der Waals surface area contributed by atoms with Gasteiger partial charge in [0.05, 0.1) is 12.1 Å². The van der Waals surface area contributed by atoms with Crippen LogP contribution in [0.4, 0.5) is 19.0 Å². The molecule has 1 aliphatic rings. The molecule has 1 fully saturated rings. The van der Waals surface area contributed by atoms with Crippen molar-refractivity contribution < 1.29 is 22.8 Å². The summed E-state index contributed by atoms with van der Waals surface area (Å²) in [5.74, 6) is -1.27. The van der Waals surface area contributed by atoms with Crippen LogP contribution in [0.2, 0.25) is 0 Å². The van der Waals surface area contributed by atoms with E-state index in [1.807, 2.05) is 0 Å². The van der Waals surface area contributed by atoms with E-state index in [2.05, 4.69) is 20.5 Å². The first-order valence-corrected chi connectivity index (χ1v) is 11.1. The fourth-order valence-electron chi connectivity index (χ4n) is 4.16. The lowest BCUT2D eigenvalue weighted by Gasteiger charge is -2.34. The Bertz CT molecular complexity index is 1170. The Kier molecular flexibility index (Phi) is 6.81. The number of hydrogen-bond donors (Lipinski definition) is 1. The maximum atomic E-state index is 14.1. The molecule has 1 aromatic carbocycles.